The Morgan fingerprint density at radius 1 is 1.09 bits per heavy atom. The van der Waals surface area contributed by atoms with Crippen LogP contribution in [0.3, 0.4) is 0 Å². The number of thiazole rings is 1. The van der Waals surface area contributed by atoms with E-state index in [-0.39, 0.29) is 23.4 Å². The van der Waals surface area contributed by atoms with Crippen LogP contribution in [0.1, 0.15) is 50.3 Å². The van der Waals surface area contributed by atoms with E-state index in [4.69, 9.17) is 4.52 Å². The van der Waals surface area contributed by atoms with Gasteiger partial charge >= 0.3 is 0 Å². The molecule has 1 aliphatic rings. The van der Waals surface area contributed by atoms with Crippen LogP contribution < -0.4 is 5.32 Å². The van der Waals surface area contributed by atoms with Gasteiger partial charge in [0.25, 0.3) is 5.91 Å². The number of nitrogens with one attached hydrogen (secondary N) is 1. The second-order valence-corrected chi connectivity index (χ2v) is 9.39. The predicted molar refractivity (Wildman–Crippen MR) is 130 cm³/mol. The van der Waals surface area contributed by atoms with Crippen LogP contribution in [0, 0.1) is 6.92 Å². The molecule has 0 spiro atoms. The zero-order valence-corrected chi connectivity index (χ0v) is 19.5. The maximum absolute atomic E-state index is 13.4. The molecular formula is C26H24N4O3S. The number of aryl methyl sites for hydroxylation is 1. The number of benzene rings is 2. The summed E-state index contributed by atoms with van der Waals surface area (Å²) in [5.74, 6) is 0.324. The minimum atomic E-state index is -0.357. The monoisotopic (exact) mass is 472 g/mol. The Kier molecular flexibility index (Phi) is 6.22. The van der Waals surface area contributed by atoms with Crippen molar-refractivity contribution in [2.24, 2.45) is 0 Å². The molecule has 3 heterocycles. The molecule has 0 saturated carbocycles. The Morgan fingerprint density at radius 3 is 2.38 bits per heavy atom. The van der Waals surface area contributed by atoms with Gasteiger partial charge in [-0.1, -0.05) is 77.2 Å². The highest BCUT2D eigenvalue weighted by molar-refractivity contribution is 7.15. The summed E-state index contributed by atoms with van der Waals surface area (Å²) in [6.07, 6.45) is 1.06. The maximum Gasteiger partial charge on any atom is 0.279 e. The molecule has 4 aromatic rings. The quantitative estimate of drug-likeness (QED) is 0.436. The van der Waals surface area contributed by atoms with Crippen LogP contribution in [-0.4, -0.2) is 33.4 Å². The lowest BCUT2D eigenvalue weighted by Gasteiger charge is -2.28. The molecule has 1 N–H and O–H groups in total. The summed E-state index contributed by atoms with van der Waals surface area (Å²) >= 11 is 1.40. The van der Waals surface area contributed by atoms with Crippen molar-refractivity contribution < 1.29 is 14.1 Å². The average molecular weight is 473 g/mol. The summed E-state index contributed by atoms with van der Waals surface area (Å²) in [7, 11) is 0. The van der Waals surface area contributed by atoms with E-state index in [1.165, 1.54) is 11.3 Å². The number of hydrogen-bond donors (Lipinski definition) is 1. The predicted octanol–water partition coefficient (Wildman–Crippen LogP) is 4.80. The highest BCUT2D eigenvalue weighted by atomic mass is 32.1. The molecule has 0 fully saturated rings. The number of nitrogens with zero attached hydrogens (tertiary/aromatic N) is 3. The molecule has 0 aliphatic carbocycles. The van der Waals surface area contributed by atoms with Gasteiger partial charge in [0, 0.05) is 36.2 Å². The van der Waals surface area contributed by atoms with Gasteiger partial charge in [-0.05, 0) is 18.1 Å². The number of carbonyl (C=O) groups excluding carboxylic acids is 2. The number of aromatic nitrogens is 2. The molecule has 2 aromatic carbocycles. The topological polar surface area (TPSA) is 88.3 Å². The van der Waals surface area contributed by atoms with Gasteiger partial charge in [-0.2, -0.15) is 0 Å². The molecule has 34 heavy (non-hydrogen) atoms. The molecule has 1 aliphatic heterocycles. The van der Waals surface area contributed by atoms with Gasteiger partial charge in [-0.3, -0.25) is 14.9 Å². The van der Waals surface area contributed by atoms with Gasteiger partial charge in [-0.15, -0.1) is 0 Å². The highest BCUT2D eigenvalue weighted by Gasteiger charge is 2.27. The molecule has 5 rings (SSSR count). The Bertz CT molecular complexity index is 1260. The van der Waals surface area contributed by atoms with Gasteiger partial charge in [-0.25, -0.2) is 4.98 Å². The fraction of sp³-hybridized carbons (Fsp3) is 0.231. The first kappa shape index (κ1) is 22.0. The number of hydrogen-bond acceptors (Lipinski definition) is 6. The largest absolute Gasteiger partial charge is 0.361 e. The van der Waals surface area contributed by atoms with Crippen molar-refractivity contribution in [3.05, 3.63) is 99.9 Å². The minimum absolute atomic E-state index is 0.00137. The van der Waals surface area contributed by atoms with Crippen molar-refractivity contribution in [2.75, 3.05) is 11.9 Å². The molecule has 2 amide bonds. The average Bonchev–Trinajstić information content (AvgIpc) is 3.48. The molecule has 0 atom stereocenters. The molecule has 0 unspecified atom stereocenters. The van der Waals surface area contributed by atoms with Crippen LogP contribution in [-0.2, 0) is 17.8 Å². The Balaban J connectivity index is 1.28. The summed E-state index contributed by atoms with van der Waals surface area (Å²) in [6, 6.07) is 21.9. The Morgan fingerprint density at radius 2 is 1.76 bits per heavy atom. The fourth-order valence-electron chi connectivity index (χ4n) is 4.20. The van der Waals surface area contributed by atoms with E-state index in [9.17, 15) is 9.59 Å². The van der Waals surface area contributed by atoms with Crippen molar-refractivity contribution in [1.29, 1.82) is 0 Å². The summed E-state index contributed by atoms with van der Waals surface area (Å²) < 4.78 is 4.97. The maximum atomic E-state index is 13.4. The van der Waals surface area contributed by atoms with Crippen molar-refractivity contribution in [3.63, 3.8) is 0 Å². The van der Waals surface area contributed by atoms with Gasteiger partial charge in [0.05, 0.1) is 12.2 Å². The number of rotatable bonds is 6. The van der Waals surface area contributed by atoms with Gasteiger partial charge < -0.3 is 9.42 Å². The Hall–Kier alpha value is -3.78. The SMILES string of the molecule is Cc1cc(C(=O)Nc2nc3c(s2)CN(C(=O)CC(c2ccccc2)c2ccccc2)CC3)no1. The van der Waals surface area contributed by atoms with Crippen LogP contribution in [0.2, 0.25) is 0 Å². The third kappa shape index (κ3) is 4.77. The number of fused-ring (bicyclic) bond motifs is 1. The van der Waals surface area contributed by atoms with E-state index in [0.717, 1.165) is 21.7 Å². The lowest BCUT2D eigenvalue weighted by molar-refractivity contribution is -0.132. The molecule has 172 valence electrons. The lowest BCUT2D eigenvalue weighted by Crippen LogP contribution is -2.36. The number of anilines is 1. The number of amides is 2. The first-order valence-corrected chi connectivity index (χ1v) is 12.0. The molecule has 2 aromatic heterocycles. The van der Waals surface area contributed by atoms with Crippen LogP contribution in [0.25, 0.3) is 0 Å². The van der Waals surface area contributed by atoms with Gasteiger partial charge in [0.2, 0.25) is 5.91 Å². The molecule has 0 bridgehead atoms. The summed E-state index contributed by atoms with van der Waals surface area (Å²) in [5.41, 5.74) is 3.41. The Labute approximate surface area is 201 Å². The smallest absolute Gasteiger partial charge is 0.279 e. The van der Waals surface area contributed by atoms with Crippen LogP contribution in [0.4, 0.5) is 5.13 Å². The number of carbonyl (C=O) groups is 2. The van der Waals surface area contributed by atoms with E-state index >= 15 is 0 Å². The zero-order chi connectivity index (χ0) is 23.5. The second kappa shape index (κ2) is 9.61. The molecular weight excluding hydrogens is 448 g/mol. The molecule has 7 nitrogen and oxygen atoms in total. The van der Waals surface area contributed by atoms with Crippen molar-refractivity contribution in [2.45, 2.75) is 32.2 Å². The normalized spacial score (nSPS) is 13.1. The van der Waals surface area contributed by atoms with E-state index in [2.05, 4.69) is 39.7 Å². The zero-order valence-electron chi connectivity index (χ0n) is 18.7. The molecule has 0 radical (unpaired) electrons. The van der Waals surface area contributed by atoms with Crippen molar-refractivity contribution in [1.82, 2.24) is 15.0 Å². The van der Waals surface area contributed by atoms with Crippen LogP contribution in [0.15, 0.2) is 71.3 Å². The summed E-state index contributed by atoms with van der Waals surface area (Å²) in [6.45, 7) is 2.85. The first-order valence-electron chi connectivity index (χ1n) is 11.2. The van der Waals surface area contributed by atoms with E-state index in [1.54, 1.807) is 13.0 Å². The van der Waals surface area contributed by atoms with E-state index in [1.807, 2.05) is 41.3 Å². The van der Waals surface area contributed by atoms with Crippen LogP contribution >= 0.6 is 11.3 Å². The highest BCUT2D eigenvalue weighted by Crippen LogP contribution is 2.32. The van der Waals surface area contributed by atoms with Crippen molar-refractivity contribution >= 4 is 28.3 Å². The summed E-state index contributed by atoms with van der Waals surface area (Å²) in [4.78, 5) is 33.2. The standard InChI is InChI=1S/C26H24N4O3S/c1-17-14-22(29-33-17)25(32)28-26-27-21-12-13-30(16-23(21)34-26)24(31)15-20(18-8-4-2-5-9-18)19-10-6-3-7-11-19/h2-11,14,20H,12-13,15-16H2,1H3,(H,27,28,32). The molecule has 8 heteroatoms. The van der Waals surface area contributed by atoms with Gasteiger partial charge in [0.15, 0.2) is 10.8 Å². The fourth-order valence-corrected chi connectivity index (χ4v) is 5.22. The third-order valence-electron chi connectivity index (χ3n) is 5.95. The van der Waals surface area contributed by atoms with Gasteiger partial charge in [0.1, 0.15) is 5.76 Å². The minimum Gasteiger partial charge on any atom is -0.361 e. The second-order valence-electron chi connectivity index (χ2n) is 8.31. The third-order valence-corrected chi connectivity index (χ3v) is 6.95. The van der Waals surface area contributed by atoms with Crippen molar-refractivity contribution in [3.8, 4) is 0 Å². The van der Waals surface area contributed by atoms with E-state index < -0.39 is 0 Å². The van der Waals surface area contributed by atoms with E-state index in [0.29, 0.717) is 36.8 Å². The molecule has 0 saturated heterocycles. The summed E-state index contributed by atoms with van der Waals surface area (Å²) in [5, 5.41) is 7.04. The van der Waals surface area contributed by atoms with Crippen LogP contribution in [0.5, 0.6) is 0 Å². The lowest BCUT2D eigenvalue weighted by atomic mass is 9.88. The first-order chi connectivity index (χ1) is 16.6.